The zero-order valence-electron chi connectivity index (χ0n) is 18.3. The van der Waals surface area contributed by atoms with E-state index < -0.39 is 0 Å². The molecule has 4 nitrogen and oxygen atoms in total. The molecule has 4 aromatic rings. The highest BCUT2D eigenvalue weighted by atomic mass is 32.2. The van der Waals surface area contributed by atoms with Gasteiger partial charge in [0.15, 0.2) is 10.9 Å². The first-order valence-electron chi connectivity index (χ1n) is 10.9. The molecule has 0 amide bonds. The molecule has 0 aliphatic carbocycles. The van der Waals surface area contributed by atoms with Gasteiger partial charge in [-0.05, 0) is 36.6 Å². The third-order valence-electron chi connectivity index (χ3n) is 5.44. The van der Waals surface area contributed by atoms with Gasteiger partial charge >= 0.3 is 0 Å². The van der Waals surface area contributed by atoms with Crippen LogP contribution in [0.25, 0.3) is 10.9 Å². The number of thioether (sulfide) groups is 1. The van der Waals surface area contributed by atoms with Crippen LogP contribution in [0.5, 0.6) is 0 Å². The van der Waals surface area contributed by atoms with Crippen LogP contribution in [0.3, 0.4) is 0 Å². The van der Waals surface area contributed by atoms with E-state index in [9.17, 15) is 9.59 Å². The van der Waals surface area contributed by atoms with Gasteiger partial charge in [0, 0.05) is 5.56 Å². The molecule has 0 aliphatic rings. The molecule has 0 aliphatic heterocycles. The van der Waals surface area contributed by atoms with E-state index in [2.05, 4.69) is 6.92 Å². The fourth-order valence-electron chi connectivity index (χ4n) is 3.71. The van der Waals surface area contributed by atoms with E-state index in [1.165, 1.54) is 17.3 Å². The number of carbonyl (C=O) groups excluding carboxylic acids is 1. The van der Waals surface area contributed by atoms with Crippen LogP contribution in [-0.2, 0) is 13.0 Å². The second-order valence-corrected chi connectivity index (χ2v) is 9.17. The minimum Gasteiger partial charge on any atom is -0.293 e. The lowest BCUT2D eigenvalue weighted by Gasteiger charge is -2.16. The third-order valence-corrected chi connectivity index (χ3v) is 6.53. The highest BCUT2D eigenvalue weighted by molar-refractivity contribution is 8.00. The first kappa shape index (κ1) is 22.0. The largest absolute Gasteiger partial charge is 0.293 e. The molecular formula is C27H26N2O2S. The van der Waals surface area contributed by atoms with Crippen molar-refractivity contribution in [1.82, 2.24) is 9.55 Å². The van der Waals surface area contributed by atoms with Crippen LogP contribution in [0.2, 0.25) is 0 Å². The summed E-state index contributed by atoms with van der Waals surface area (Å²) in [4.78, 5) is 31.2. The summed E-state index contributed by atoms with van der Waals surface area (Å²) >= 11 is 1.34. The van der Waals surface area contributed by atoms with Crippen molar-refractivity contribution in [3.8, 4) is 0 Å². The van der Waals surface area contributed by atoms with Gasteiger partial charge in [0.25, 0.3) is 5.56 Å². The Bertz CT molecular complexity index is 1280. The smallest absolute Gasteiger partial charge is 0.262 e. The van der Waals surface area contributed by atoms with Crippen LogP contribution in [0, 0.1) is 0 Å². The van der Waals surface area contributed by atoms with Gasteiger partial charge in [0.1, 0.15) is 0 Å². The van der Waals surface area contributed by atoms with E-state index in [0.29, 0.717) is 28.2 Å². The minimum absolute atomic E-state index is 0.0340. The molecule has 1 heterocycles. The lowest BCUT2D eigenvalue weighted by Crippen LogP contribution is -2.25. The van der Waals surface area contributed by atoms with Crippen molar-refractivity contribution in [2.45, 2.75) is 43.6 Å². The molecule has 3 aromatic carbocycles. The molecule has 0 unspecified atom stereocenters. The van der Waals surface area contributed by atoms with Gasteiger partial charge in [0.05, 0.1) is 22.7 Å². The predicted octanol–water partition coefficient (Wildman–Crippen LogP) is 5.76. The third kappa shape index (κ3) is 4.83. The fraction of sp³-hybridized carbons (Fsp3) is 0.222. The number of aromatic nitrogens is 2. The number of hydrogen-bond acceptors (Lipinski definition) is 4. The fourth-order valence-corrected chi connectivity index (χ4v) is 4.70. The topological polar surface area (TPSA) is 52.0 Å². The van der Waals surface area contributed by atoms with Gasteiger partial charge in [-0.1, -0.05) is 91.8 Å². The van der Waals surface area contributed by atoms with Crippen molar-refractivity contribution >= 4 is 28.4 Å². The van der Waals surface area contributed by atoms with Gasteiger partial charge in [-0.25, -0.2) is 4.98 Å². The second kappa shape index (κ2) is 9.96. The molecule has 0 saturated heterocycles. The maximum Gasteiger partial charge on any atom is 0.262 e. The van der Waals surface area contributed by atoms with E-state index in [1.807, 2.05) is 79.7 Å². The summed E-state index contributed by atoms with van der Waals surface area (Å²) in [7, 11) is 0. The monoisotopic (exact) mass is 442 g/mol. The number of fused-ring (bicyclic) bond motifs is 1. The Morgan fingerprint density at radius 2 is 1.62 bits per heavy atom. The summed E-state index contributed by atoms with van der Waals surface area (Å²) in [5.74, 6) is 0.0340. The molecule has 1 aromatic heterocycles. The Balaban J connectivity index is 1.67. The van der Waals surface area contributed by atoms with Crippen LogP contribution < -0.4 is 5.56 Å². The normalized spacial score (nSPS) is 12.1. The van der Waals surface area contributed by atoms with E-state index in [-0.39, 0.29) is 16.6 Å². The molecule has 162 valence electrons. The number of carbonyl (C=O) groups is 1. The quantitative estimate of drug-likeness (QED) is 0.198. The predicted molar refractivity (Wildman–Crippen MR) is 132 cm³/mol. The highest BCUT2D eigenvalue weighted by Crippen LogP contribution is 2.26. The lowest BCUT2D eigenvalue weighted by atomic mass is 10.0. The van der Waals surface area contributed by atoms with Crippen molar-refractivity contribution in [2.75, 3.05) is 0 Å². The van der Waals surface area contributed by atoms with E-state index in [4.69, 9.17) is 4.98 Å². The Morgan fingerprint density at radius 3 is 2.34 bits per heavy atom. The SMILES string of the molecule is CCCc1ccc(C(=O)[C@@H](C)Sc2nc3ccccc3c(=O)n2Cc2ccccc2)cc1. The van der Waals surface area contributed by atoms with Crippen LogP contribution >= 0.6 is 11.8 Å². The van der Waals surface area contributed by atoms with Gasteiger partial charge < -0.3 is 0 Å². The summed E-state index contributed by atoms with van der Waals surface area (Å²) in [6.45, 7) is 4.43. The zero-order chi connectivity index (χ0) is 22.5. The molecule has 4 rings (SSSR count). The van der Waals surface area contributed by atoms with Gasteiger partial charge in [-0.15, -0.1) is 0 Å². The number of ketones is 1. The molecule has 0 saturated carbocycles. The number of benzene rings is 3. The molecule has 0 spiro atoms. The number of Topliss-reactive ketones (excluding diaryl/α,β-unsaturated/α-hetero) is 1. The van der Waals surface area contributed by atoms with Crippen molar-refractivity contribution < 1.29 is 4.79 Å². The summed E-state index contributed by atoms with van der Waals surface area (Å²) < 4.78 is 1.68. The molecule has 5 heteroatoms. The van der Waals surface area contributed by atoms with Crippen LogP contribution in [0.15, 0.2) is 88.8 Å². The Hall–Kier alpha value is -3.18. The van der Waals surface area contributed by atoms with Gasteiger partial charge in [0.2, 0.25) is 0 Å². The molecule has 0 bridgehead atoms. The average Bonchev–Trinajstić information content (AvgIpc) is 2.82. The van der Waals surface area contributed by atoms with Crippen LogP contribution in [0.4, 0.5) is 0 Å². The maximum absolute atomic E-state index is 13.3. The number of rotatable bonds is 8. The highest BCUT2D eigenvalue weighted by Gasteiger charge is 2.21. The van der Waals surface area contributed by atoms with Gasteiger partial charge in [-0.3, -0.25) is 14.2 Å². The van der Waals surface area contributed by atoms with Crippen molar-refractivity contribution in [3.05, 3.63) is 106 Å². The maximum atomic E-state index is 13.3. The summed E-state index contributed by atoms with van der Waals surface area (Å²) in [6, 6.07) is 25.0. The summed E-state index contributed by atoms with van der Waals surface area (Å²) in [5, 5.41) is 0.765. The molecule has 1 atom stereocenters. The standard InChI is InChI=1S/C27H26N2O2S/c1-3-9-20-14-16-22(17-15-20)25(30)19(2)32-27-28-24-13-8-7-12-23(24)26(31)29(27)18-21-10-5-4-6-11-21/h4-8,10-17,19H,3,9,18H2,1-2H3/t19-/m1/s1. The van der Waals surface area contributed by atoms with Crippen molar-refractivity contribution in [3.63, 3.8) is 0 Å². The molecular weight excluding hydrogens is 416 g/mol. The zero-order valence-corrected chi connectivity index (χ0v) is 19.1. The van der Waals surface area contributed by atoms with Crippen LogP contribution in [0.1, 0.15) is 41.8 Å². The van der Waals surface area contributed by atoms with E-state index >= 15 is 0 Å². The second-order valence-electron chi connectivity index (χ2n) is 7.86. The first-order chi connectivity index (χ1) is 15.6. The molecule has 0 radical (unpaired) electrons. The Kier molecular flexibility index (Phi) is 6.86. The molecule has 0 N–H and O–H groups in total. The number of hydrogen-bond donors (Lipinski definition) is 0. The van der Waals surface area contributed by atoms with E-state index in [0.717, 1.165) is 18.4 Å². The van der Waals surface area contributed by atoms with Crippen molar-refractivity contribution in [2.24, 2.45) is 0 Å². The first-order valence-corrected chi connectivity index (χ1v) is 11.8. The minimum atomic E-state index is -0.373. The summed E-state index contributed by atoms with van der Waals surface area (Å²) in [6.07, 6.45) is 2.08. The lowest BCUT2D eigenvalue weighted by molar-refractivity contribution is 0.0994. The van der Waals surface area contributed by atoms with Crippen molar-refractivity contribution in [1.29, 1.82) is 0 Å². The number of para-hydroxylation sites is 1. The van der Waals surface area contributed by atoms with Crippen LogP contribution in [-0.4, -0.2) is 20.6 Å². The average molecular weight is 443 g/mol. The Morgan fingerprint density at radius 1 is 0.938 bits per heavy atom. The molecule has 0 fully saturated rings. The molecule has 32 heavy (non-hydrogen) atoms. The van der Waals surface area contributed by atoms with E-state index in [1.54, 1.807) is 10.6 Å². The van der Waals surface area contributed by atoms with Gasteiger partial charge in [-0.2, -0.15) is 0 Å². The number of nitrogens with zero attached hydrogens (tertiary/aromatic N) is 2. The Labute approximate surface area is 192 Å². The number of aryl methyl sites for hydroxylation is 1. The summed E-state index contributed by atoms with van der Waals surface area (Å²) in [5.41, 5.74) is 3.48.